The number of benzene rings is 1. The van der Waals surface area contributed by atoms with Gasteiger partial charge in [0.2, 0.25) is 0 Å². The minimum atomic E-state index is -0.570. The molecule has 0 unspecified atom stereocenters. The van der Waals surface area contributed by atoms with Gasteiger partial charge in [0.1, 0.15) is 0 Å². The highest BCUT2D eigenvalue weighted by atomic mass is 79.9. The first kappa shape index (κ1) is 16.0. The van der Waals surface area contributed by atoms with Gasteiger partial charge in [0.15, 0.2) is 11.3 Å². The summed E-state index contributed by atoms with van der Waals surface area (Å²) in [5.74, 6) is -0.570. The number of amides is 1. The minimum absolute atomic E-state index is 0.220. The van der Waals surface area contributed by atoms with Crippen LogP contribution in [-0.2, 0) is 4.74 Å². The molecule has 3 heterocycles. The van der Waals surface area contributed by atoms with Gasteiger partial charge < -0.3 is 15.4 Å². The van der Waals surface area contributed by atoms with Crippen LogP contribution in [0.1, 0.15) is 10.5 Å². The number of fused-ring (bicyclic) bond motifs is 1. The Morgan fingerprint density at radius 2 is 2.00 bits per heavy atom. The molecule has 1 aliphatic rings. The molecule has 8 heteroatoms. The van der Waals surface area contributed by atoms with Crippen LogP contribution in [0.3, 0.4) is 0 Å². The van der Waals surface area contributed by atoms with Crippen molar-refractivity contribution in [2.24, 2.45) is 5.73 Å². The molecule has 1 aromatic carbocycles. The fraction of sp³-hybridized carbons (Fsp3) is 0.235. The number of aromatic nitrogens is 3. The normalized spacial score (nSPS) is 14.8. The lowest BCUT2D eigenvalue weighted by atomic mass is 10.2. The summed E-state index contributed by atoms with van der Waals surface area (Å²) in [6.45, 7) is 2.94. The highest BCUT2D eigenvalue weighted by molar-refractivity contribution is 9.10. The number of primary amides is 1. The lowest BCUT2D eigenvalue weighted by Gasteiger charge is -2.28. The summed E-state index contributed by atoms with van der Waals surface area (Å²) in [5.41, 5.74) is 8.11. The van der Waals surface area contributed by atoms with Gasteiger partial charge >= 0.3 is 0 Å². The SMILES string of the molecule is NC(=O)c1nn(-c2cccc(Br)c2)c2ncc(N3CCOCC3)cc12. The quantitative estimate of drug-likeness (QED) is 0.726. The Kier molecular flexibility index (Phi) is 4.14. The molecular formula is C17H16BrN5O2. The number of nitrogens with zero attached hydrogens (tertiary/aromatic N) is 4. The number of hydrogen-bond acceptors (Lipinski definition) is 5. The van der Waals surface area contributed by atoms with E-state index in [2.05, 4.69) is 30.9 Å². The summed E-state index contributed by atoms with van der Waals surface area (Å²) in [6, 6.07) is 9.57. The minimum Gasteiger partial charge on any atom is -0.378 e. The Morgan fingerprint density at radius 3 is 2.72 bits per heavy atom. The zero-order chi connectivity index (χ0) is 17.4. The molecule has 25 heavy (non-hydrogen) atoms. The van der Waals surface area contributed by atoms with Gasteiger partial charge in [-0.15, -0.1) is 0 Å². The van der Waals surface area contributed by atoms with Crippen LogP contribution in [0.4, 0.5) is 5.69 Å². The second-order valence-electron chi connectivity index (χ2n) is 5.77. The van der Waals surface area contributed by atoms with Gasteiger partial charge in [0.05, 0.1) is 36.2 Å². The lowest BCUT2D eigenvalue weighted by Crippen LogP contribution is -2.36. The number of pyridine rings is 1. The number of nitrogens with two attached hydrogens (primary N) is 1. The summed E-state index contributed by atoms with van der Waals surface area (Å²) < 4.78 is 7.94. The largest absolute Gasteiger partial charge is 0.378 e. The molecule has 0 aliphatic carbocycles. The van der Waals surface area contributed by atoms with E-state index in [1.807, 2.05) is 30.3 Å². The molecule has 0 radical (unpaired) electrons. The topological polar surface area (TPSA) is 86.3 Å². The van der Waals surface area contributed by atoms with Crippen molar-refractivity contribution in [1.29, 1.82) is 0 Å². The fourth-order valence-corrected chi connectivity index (χ4v) is 3.34. The Labute approximate surface area is 152 Å². The van der Waals surface area contributed by atoms with E-state index in [9.17, 15) is 4.79 Å². The first-order valence-electron chi connectivity index (χ1n) is 7.91. The van der Waals surface area contributed by atoms with Crippen LogP contribution < -0.4 is 10.6 Å². The van der Waals surface area contributed by atoms with Gasteiger partial charge in [-0.1, -0.05) is 22.0 Å². The molecule has 0 atom stereocenters. The van der Waals surface area contributed by atoms with Crippen LogP contribution in [0.5, 0.6) is 0 Å². The predicted molar refractivity (Wildman–Crippen MR) is 98.1 cm³/mol. The maximum atomic E-state index is 11.9. The second-order valence-corrected chi connectivity index (χ2v) is 6.68. The molecular weight excluding hydrogens is 386 g/mol. The molecule has 1 saturated heterocycles. The van der Waals surface area contributed by atoms with Crippen molar-refractivity contribution in [2.75, 3.05) is 31.2 Å². The van der Waals surface area contributed by atoms with Crippen molar-refractivity contribution in [1.82, 2.24) is 14.8 Å². The average molecular weight is 402 g/mol. The molecule has 1 aliphatic heterocycles. The van der Waals surface area contributed by atoms with Gasteiger partial charge in [-0.05, 0) is 24.3 Å². The van der Waals surface area contributed by atoms with E-state index in [-0.39, 0.29) is 5.69 Å². The molecule has 128 valence electrons. The second kappa shape index (κ2) is 6.45. The van der Waals surface area contributed by atoms with Crippen molar-refractivity contribution in [3.8, 4) is 5.69 Å². The van der Waals surface area contributed by atoms with Crippen molar-refractivity contribution < 1.29 is 9.53 Å². The maximum absolute atomic E-state index is 11.9. The lowest BCUT2D eigenvalue weighted by molar-refractivity contribution is 0.0996. The molecule has 0 bridgehead atoms. The van der Waals surface area contributed by atoms with Crippen LogP contribution in [0.25, 0.3) is 16.7 Å². The van der Waals surface area contributed by atoms with Crippen molar-refractivity contribution in [2.45, 2.75) is 0 Å². The van der Waals surface area contributed by atoms with Gasteiger partial charge in [-0.25, -0.2) is 9.67 Å². The van der Waals surface area contributed by atoms with Crippen LogP contribution >= 0.6 is 15.9 Å². The summed E-state index contributed by atoms with van der Waals surface area (Å²) >= 11 is 3.45. The molecule has 7 nitrogen and oxygen atoms in total. The Hall–Kier alpha value is -2.45. The summed E-state index contributed by atoms with van der Waals surface area (Å²) in [5, 5.41) is 5.05. The molecule has 3 aromatic rings. The standard InChI is InChI=1S/C17H16BrN5O2/c18-11-2-1-3-12(8-11)23-17-14(15(21-23)16(19)24)9-13(10-20-17)22-4-6-25-7-5-22/h1-3,8-10H,4-7H2,(H2,19,24). The molecule has 2 N–H and O–H groups in total. The van der Waals surface area contributed by atoms with Gasteiger partial charge in [-0.2, -0.15) is 5.10 Å². The summed E-state index contributed by atoms with van der Waals surface area (Å²) in [6.07, 6.45) is 1.80. The van der Waals surface area contributed by atoms with E-state index < -0.39 is 5.91 Å². The van der Waals surface area contributed by atoms with Gasteiger partial charge in [-0.3, -0.25) is 4.79 Å². The van der Waals surface area contributed by atoms with Gasteiger partial charge in [0, 0.05) is 17.6 Å². The van der Waals surface area contributed by atoms with Crippen LogP contribution in [0.15, 0.2) is 41.0 Å². The molecule has 4 rings (SSSR count). The number of hydrogen-bond donors (Lipinski definition) is 1. The number of morpholine rings is 1. The first-order valence-corrected chi connectivity index (χ1v) is 8.70. The van der Waals surface area contributed by atoms with E-state index >= 15 is 0 Å². The number of ether oxygens (including phenoxy) is 1. The van der Waals surface area contributed by atoms with E-state index in [4.69, 9.17) is 10.5 Å². The van der Waals surface area contributed by atoms with Crippen molar-refractivity contribution in [3.63, 3.8) is 0 Å². The monoisotopic (exact) mass is 401 g/mol. The van der Waals surface area contributed by atoms with E-state index in [1.54, 1.807) is 10.9 Å². The Bertz CT molecular complexity index is 949. The first-order chi connectivity index (χ1) is 12.1. The zero-order valence-corrected chi connectivity index (χ0v) is 14.9. The third-order valence-corrected chi connectivity index (χ3v) is 4.66. The molecule has 2 aromatic heterocycles. The number of carbonyl (C=O) groups is 1. The fourth-order valence-electron chi connectivity index (χ4n) is 2.96. The summed E-state index contributed by atoms with van der Waals surface area (Å²) in [4.78, 5) is 18.6. The maximum Gasteiger partial charge on any atom is 0.269 e. The number of carbonyl (C=O) groups excluding carboxylic acids is 1. The number of anilines is 1. The summed E-state index contributed by atoms with van der Waals surface area (Å²) in [7, 11) is 0. The van der Waals surface area contributed by atoms with Crippen LogP contribution in [0, 0.1) is 0 Å². The third-order valence-electron chi connectivity index (χ3n) is 4.17. The number of halogens is 1. The van der Waals surface area contributed by atoms with Crippen LogP contribution in [-0.4, -0.2) is 47.0 Å². The molecule has 0 saturated carbocycles. The highest BCUT2D eigenvalue weighted by Crippen LogP contribution is 2.26. The van der Waals surface area contributed by atoms with E-state index in [0.717, 1.165) is 28.9 Å². The zero-order valence-electron chi connectivity index (χ0n) is 13.4. The average Bonchev–Trinajstić information content (AvgIpc) is 3.01. The molecule has 0 spiro atoms. The predicted octanol–water partition coefficient (Wildman–Crippen LogP) is 2.12. The number of rotatable bonds is 3. The molecule has 1 fully saturated rings. The molecule has 1 amide bonds. The third kappa shape index (κ3) is 2.98. The highest BCUT2D eigenvalue weighted by Gasteiger charge is 2.20. The van der Waals surface area contributed by atoms with Crippen molar-refractivity contribution in [3.05, 3.63) is 46.7 Å². The van der Waals surface area contributed by atoms with E-state index in [0.29, 0.717) is 24.2 Å². The van der Waals surface area contributed by atoms with Gasteiger partial charge in [0.25, 0.3) is 5.91 Å². The smallest absolute Gasteiger partial charge is 0.269 e. The Morgan fingerprint density at radius 1 is 1.20 bits per heavy atom. The van der Waals surface area contributed by atoms with Crippen LogP contribution in [0.2, 0.25) is 0 Å². The van der Waals surface area contributed by atoms with E-state index in [1.165, 1.54) is 0 Å². The van der Waals surface area contributed by atoms with Crippen molar-refractivity contribution >= 4 is 38.6 Å². The Balaban J connectivity index is 1.87.